The van der Waals surface area contributed by atoms with E-state index in [4.69, 9.17) is 17.0 Å². The van der Waals surface area contributed by atoms with Gasteiger partial charge in [-0.2, -0.15) is 12.6 Å². The second kappa shape index (κ2) is 8.27. The lowest BCUT2D eigenvalue weighted by molar-refractivity contribution is 0.0605. The monoisotopic (exact) mass is 440 g/mol. The number of aromatic nitrogens is 4. The van der Waals surface area contributed by atoms with Gasteiger partial charge in [0.2, 0.25) is 11.8 Å². The molecule has 8 nitrogen and oxygen atoms in total. The van der Waals surface area contributed by atoms with Crippen LogP contribution in [0.25, 0.3) is 11.0 Å². The van der Waals surface area contributed by atoms with Crippen molar-refractivity contribution in [1.29, 1.82) is 0 Å². The molecule has 0 bridgehead atoms. The highest BCUT2D eigenvalue weighted by atomic mass is 32.1. The first-order chi connectivity index (χ1) is 15.0. The molecule has 0 aliphatic heterocycles. The van der Waals surface area contributed by atoms with Crippen LogP contribution in [0.3, 0.4) is 0 Å². The predicted octanol–water partition coefficient (Wildman–Crippen LogP) is 3.64. The van der Waals surface area contributed by atoms with Gasteiger partial charge < -0.3 is 14.3 Å². The number of hydrogen-bond donors (Lipinski definition) is 3. The zero-order valence-corrected chi connectivity index (χ0v) is 18.6. The number of aromatic amines is 1. The van der Waals surface area contributed by atoms with Crippen LogP contribution in [0.15, 0.2) is 28.7 Å². The van der Waals surface area contributed by atoms with Crippen LogP contribution in [0.1, 0.15) is 73.8 Å². The van der Waals surface area contributed by atoms with Gasteiger partial charge in [-0.1, -0.05) is 12.1 Å². The first-order valence-corrected chi connectivity index (χ1v) is 11.5. The van der Waals surface area contributed by atoms with E-state index in [1.165, 1.54) is 0 Å². The van der Waals surface area contributed by atoms with Crippen LogP contribution in [0, 0.1) is 0 Å². The summed E-state index contributed by atoms with van der Waals surface area (Å²) in [6.07, 6.45) is 5.89. The van der Waals surface area contributed by atoms with E-state index < -0.39 is 4.87 Å². The average Bonchev–Trinajstić information content (AvgIpc) is 3.35. The van der Waals surface area contributed by atoms with Gasteiger partial charge in [-0.05, 0) is 57.6 Å². The Morgan fingerprint density at radius 3 is 2.94 bits per heavy atom. The van der Waals surface area contributed by atoms with Gasteiger partial charge in [-0.25, -0.2) is 4.98 Å². The van der Waals surface area contributed by atoms with Gasteiger partial charge in [0.1, 0.15) is 0 Å². The lowest BCUT2D eigenvalue weighted by Gasteiger charge is -2.42. The summed E-state index contributed by atoms with van der Waals surface area (Å²) >= 11 is 4.97. The first-order valence-electron chi connectivity index (χ1n) is 11.1. The second-order valence-electron chi connectivity index (χ2n) is 8.64. The minimum Gasteiger partial charge on any atom is -0.424 e. The summed E-state index contributed by atoms with van der Waals surface area (Å²) in [6, 6.07) is 7.80. The van der Waals surface area contributed by atoms with Gasteiger partial charge in [-0.15, -0.1) is 10.2 Å². The van der Waals surface area contributed by atoms with Crippen molar-refractivity contribution >= 4 is 29.6 Å². The maximum Gasteiger partial charge on any atom is 0.289 e. The van der Waals surface area contributed by atoms with E-state index in [0.717, 1.165) is 55.4 Å². The highest BCUT2D eigenvalue weighted by molar-refractivity contribution is 7.81. The van der Waals surface area contributed by atoms with Crippen LogP contribution in [-0.4, -0.2) is 48.4 Å². The number of amides is 1. The van der Waals surface area contributed by atoms with Crippen LogP contribution in [-0.2, 0) is 6.54 Å². The molecule has 164 valence electrons. The Balaban J connectivity index is 1.26. The fourth-order valence-corrected chi connectivity index (χ4v) is 4.93. The molecule has 2 atom stereocenters. The number of hydrogen-bond acceptors (Lipinski definition) is 7. The molecule has 0 radical (unpaired) electrons. The van der Waals surface area contributed by atoms with Gasteiger partial charge >= 0.3 is 0 Å². The molecule has 2 aliphatic carbocycles. The van der Waals surface area contributed by atoms with E-state index in [0.29, 0.717) is 30.7 Å². The highest BCUT2D eigenvalue weighted by Gasteiger charge is 2.38. The number of H-pyrrole nitrogens is 1. The lowest BCUT2D eigenvalue weighted by Crippen LogP contribution is -2.51. The van der Waals surface area contributed by atoms with Gasteiger partial charge in [0.05, 0.1) is 22.4 Å². The minimum absolute atomic E-state index is 0.0627. The Kier molecular flexibility index (Phi) is 5.47. The van der Waals surface area contributed by atoms with Crippen molar-refractivity contribution in [2.75, 3.05) is 6.54 Å². The molecular formula is C22H28N6O2S. The molecule has 1 amide bonds. The molecule has 2 aromatic heterocycles. The minimum atomic E-state index is -0.390. The van der Waals surface area contributed by atoms with Crippen LogP contribution in [0.4, 0.5) is 0 Å². The Labute approximate surface area is 186 Å². The number of carbonyl (C=O) groups is 1. The highest BCUT2D eigenvalue weighted by Crippen LogP contribution is 2.39. The predicted molar refractivity (Wildman–Crippen MR) is 120 cm³/mol. The number of nitrogens with one attached hydrogen (secondary N) is 2. The normalized spacial score (nSPS) is 23.9. The van der Waals surface area contributed by atoms with Gasteiger partial charge in [0.15, 0.2) is 5.82 Å². The molecule has 0 saturated heterocycles. The molecule has 2 N–H and O–H groups in total. The van der Waals surface area contributed by atoms with Crippen molar-refractivity contribution in [2.45, 2.75) is 68.8 Å². The van der Waals surface area contributed by atoms with Crippen molar-refractivity contribution < 1.29 is 9.21 Å². The van der Waals surface area contributed by atoms with E-state index in [-0.39, 0.29) is 11.9 Å². The molecule has 5 rings (SSSR count). The molecule has 2 fully saturated rings. The molecule has 2 saturated carbocycles. The first kappa shape index (κ1) is 20.5. The molecule has 2 aliphatic rings. The molecule has 2 heterocycles. The average molecular weight is 441 g/mol. The number of thiol groups is 1. The van der Waals surface area contributed by atoms with Crippen molar-refractivity contribution in [1.82, 2.24) is 30.4 Å². The smallest absolute Gasteiger partial charge is 0.289 e. The Morgan fingerprint density at radius 1 is 1.32 bits per heavy atom. The third-order valence-corrected chi connectivity index (χ3v) is 6.88. The maximum absolute atomic E-state index is 13.3. The number of imidazole rings is 1. The Morgan fingerprint density at radius 2 is 2.16 bits per heavy atom. The van der Waals surface area contributed by atoms with E-state index in [1.54, 1.807) is 0 Å². The van der Waals surface area contributed by atoms with Crippen LogP contribution in [0.2, 0.25) is 0 Å². The standard InChI is InChI=1S/C22H28N6O2S/c1-2-28(21(29)19-24-16-7-3-4-8-17(16)25-19)15-6-5-11-22(31,12-15)23-13-18-26-27-20(30-18)14-9-10-14/h3-4,7-8,14-15,23,31H,2,5-6,9-13H2,1H3,(H,24,25)/t15-,22?/m0/s1. The summed E-state index contributed by atoms with van der Waals surface area (Å²) in [6.45, 7) is 3.12. The SMILES string of the molecule is CCN(C(=O)c1nc2ccccc2[nH]1)[C@H]1CCCC(S)(NCc2nnc(C3CC3)o2)C1. The quantitative estimate of drug-likeness (QED) is 0.383. The number of para-hydroxylation sites is 2. The summed E-state index contributed by atoms with van der Waals surface area (Å²) in [5.41, 5.74) is 1.68. The Hall–Kier alpha value is -2.39. The number of nitrogens with zero attached hydrogens (tertiary/aromatic N) is 4. The molecule has 0 spiro atoms. The summed E-state index contributed by atoms with van der Waals surface area (Å²) < 4.78 is 5.77. The largest absolute Gasteiger partial charge is 0.424 e. The summed E-state index contributed by atoms with van der Waals surface area (Å²) in [7, 11) is 0. The molecule has 1 unspecified atom stereocenters. The Bertz CT molecular complexity index is 1040. The van der Waals surface area contributed by atoms with Crippen LogP contribution >= 0.6 is 12.6 Å². The second-order valence-corrected chi connectivity index (χ2v) is 9.49. The number of benzene rings is 1. The third kappa shape index (κ3) is 4.34. The number of carbonyl (C=O) groups excluding carboxylic acids is 1. The van der Waals surface area contributed by atoms with Crippen molar-refractivity contribution in [3.05, 3.63) is 41.9 Å². The topological polar surface area (TPSA) is 99.9 Å². The molecule has 9 heteroatoms. The molecule has 31 heavy (non-hydrogen) atoms. The third-order valence-electron chi connectivity index (χ3n) is 6.31. The zero-order chi connectivity index (χ0) is 21.4. The summed E-state index contributed by atoms with van der Waals surface area (Å²) in [4.78, 5) is 22.5. The fourth-order valence-electron chi connectivity index (χ4n) is 4.48. The van der Waals surface area contributed by atoms with E-state index >= 15 is 0 Å². The summed E-state index contributed by atoms with van der Waals surface area (Å²) in [5.74, 6) is 2.13. The van der Waals surface area contributed by atoms with E-state index in [2.05, 4.69) is 25.5 Å². The van der Waals surface area contributed by atoms with E-state index in [9.17, 15) is 4.79 Å². The van der Waals surface area contributed by atoms with E-state index in [1.807, 2.05) is 36.1 Å². The van der Waals surface area contributed by atoms with Crippen LogP contribution in [0.5, 0.6) is 0 Å². The van der Waals surface area contributed by atoms with Gasteiger partial charge in [0, 0.05) is 18.5 Å². The fraction of sp³-hybridized carbons (Fsp3) is 0.545. The van der Waals surface area contributed by atoms with Crippen LogP contribution < -0.4 is 5.32 Å². The summed E-state index contributed by atoms with van der Waals surface area (Å²) in [5, 5.41) is 11.8. The maximum atomic E-state index is 13.3. The van der Waals surface area contributed by atoms with Crippen molar-refractivity contribution in [3.8, 4) is 0 Å². The van der Waals surface area contributed by atoms with Crippen molar-refractivity contribution in [2.24, 2.45) is 0 Å². The number of rotatable bonds is 7. The zero-order valence-electron chi connectivity index (χ0n) is 17.7. The number of fused-ring (bicyclic) bond motifs is 1. The molecule has 1 aromatic carbocycles. The molecule has 3 aromatic rings. The lowest BCUT2D eigenvalue weighted by atomic mass is 9.89. The van der Waals surface area contributed by atoms with Gasteiger partial charge in [0.25, 0.3) is 5.91 Å². The van der Waals surface area contributed by atoms with Gasteiger partial charge in [-0.3, -0.25) is 10.1 Å². The molecular weight excluding hydrogens is 412 g/mol. The van der Waals surface area contributed by atoms with Crippen molar-refractivity contribution in [3.63, 3.8) is 0 Å².